The number of carboxylic acids is 1. The van der Waals surface area contributed by atoms with Gasteiger partial charge < -0.3 is 5.11 Å². The largest absolute Gasteiger partial charge is 0.478 e. The number of carbonyl (C=O) groups is 1. The fourth-order valence-electron chi connectivity index (χ4n) is 2.40. The van der Waals surface area contributed by atoms with E-state index in [1.165, 1.54) is 37.4 Å². The Bertz CT molecular complexity index is 426. The molecule has 0 aliphatic heterocycles. The second-order valence-corrected chi connectivity index (χ2v) is 6.51. The lowest BCUT2D eigenvalue weighted by Crippen LogP contribution is -2.03. The molecule has 0 radical (unpaired) electrons. The zero-order chi connectivity index (χ0) is 13.0. The minimum atomic E-state index is -0.811. The molecule has 1 aliphatic rings. The number of benzene rings is 1. The molecule has 0 unspecified atom stereocenters. The molecule has 0 aromatic heterocycles. The van der Waals surface area contributed by atoms with Crippen molar-refractivity contribution in [2.24, 2.45) is 5.92 Å². The molecular weight excluding hydrogens is 264 g/mol. The SMILES string of the molecule is CSc1cccc(SCC2CCCC2)c1C(=O)O. The second kappa shape index (κ2) is 6.53. The van der Waals surface area contributed by atoms with Gasteiger partial charge in [-0.1, -0.05) is 18.9 Å². The Kier molecular flexibility index (Phi) is 5.01. The molecule has 1 saturated carbocycles. The number of hydrogen-bond donors (Lipinski definition) is 1. The van der Waals surface area contributed by atoms with Gasteiger partial charge in [0.05, 0.1) is 5.56 Å². The normalized spacial score (nSPS) is 16.1. The van der Waals surface area contributed by atoms with Crippen LogP contribution >= 0.6 is 23.5 Å². The average Bonchev–Trinajstić information content (AvgIpc) is 2.88. The lowest BCUT2D eigenvalue weighted by Gasteiger charge is -2.12. The predicted octanol–water partition coefficient (Wildman–Crippen LogP) is 4.39. The van der Waals surface area contributed by atoms with Crippen LogP contribution < -0.4 is 0 Å². The van der Waals surface area contributed by atoms with Gasteiger partial charge in [0.2, 0.25) is 0 Å². The quantitative estimate of drug-likeness (QED) is 0.813. The number of thioether (sulfide) groups is 2. The summed E-state index contributed by atoms with van der Waals surface area (Å²) in [6.45, 7) is 0. The van der Waals surface area contributed by atoms with Gasteiger partial charge in [-0.25, -0.2) is 4.79 Å². The first-order valence-electron chi connectivity index (χ1n) is 6.25. The molecule has 0 amide bonds. The van der Waals surface area contributed by atoms with E-state index in [2.05, 4.69) is 0 Å². The Balaban J connectivity index is 2.13. The van der Waals surface area contributed by atoms with Gasteiger partial charge in [-0.3, -0.25) is 0 Å². The average molecular weight is 282 g/mol. The van der Waals surface area contributed by atoms with Crippen molar-refractivity contribution in [2.45, 2.75) is 35.5 Å². The molecule has 0 saturated heterocycles. The summed E-state index contributed by atoms with van der Waals surface area (Å²) < 4.78 is 0. The summed E-state index contributed by atoms with van der Waals surface area (Å²) in [5.41, 5.74) is 0.480. The first kappa shape index (κ1) is 13.8. The smallest absolute Gasteiger partial charge is 0.337 e. The van der Waals surface area contributed by atoms with Crippen LogP contribution in [-0.2, 0) is 0 Å². The van der Waals surface area contributed by atoms with Crippen LogP contribution in [0.15, 0.2) is 28.0 Å². The second-order valence-electron chi connectivity index (χ2n) is 4.60. The molecule has 1 aromatic carbocycles. The van der Waals surface area contributed by atoms with E-state index < -0.39 is 5.97 Å². The zero-order valence-electron chi connectivity index (χ0n) is 10.5. The Morgan fingerprint density at radius 2 is 2.00 bits per heavy atom. The molecule has 0 atom stereocenters. The third kappa shape index (κ3) is 3.23. The highest BCUT2D eigenvalue weighted by Gasteiger charge is 2.19. The molecule has 2 rings (SSSR count). The van der Waals surface area contributed by atoms with Crippen molar-refractivity contribution in [3.8, 4) is 0 Å². The van der Waals surface area contributed by atoms with E-state index in [-0.39, 0.29) is 0 Å². The first-order chi connectivity index (χ1) is 8.72. The molecule has 2 nitrogen and oxygen atoms in total. The van der Waals surface area contributed by atoms with E-state index in [1.54, 1.807) is 11.8 Å². The van der Waals surface area contributed by atoms with Crippen LogP contribution in [0.25, 0.3) is 0 Å². The third-order valence-electron chi connectivity index (χ3n) is 3.37. The van der Waals surface area contributed by atoms with Crippen LogP contribution in [0.3, 0.4) is 0 Å². The van der Waals surface area contributed by atoms with Gasteiger partial charge in [-0.15, -0.1) is 23.5 Å². The Labute approximate surface area is 117 Å². The minimum Gasteiger partial charge on any atom is -0.478 e. The van der Waals surface area contributed by atoms with Crippen LogP contribution in [0.2, 0.25) is 0 Å². The first-order valence-corrected chi connectivity index (χ1v) is 8.46. The van der Waals surface area contributed by atoms with Crippen LogP contribution in [-0.4, -0.2) is 23.1 Å². The van der Waals surface area contributed by atoms with Crippen molar-refractivity contribution < 1.29 is 9.90 Å². The summed E-state index contributed by atoms with van der Waals surface area (Å²) in [6, 6.07) is 5.77. The fraction of sp³-hybridized carbons (Fsp3) is 0.500. The van der Waals surface area contributed by atoms with Gasteiger partial charge in [-0.2, -0.15) is 0 Å². The summed E-state index contributed by atoms with van der Waals surface area (Å²) in [5, 5.41) is 9.34. The summed E-state index contributed by atoms with van der Waals surface area (Å²) in [5.74, 6) is 1.02. The number of hydrogen-bond acceptors (Lipinski definition) is 3. The van der Waals surface area contributed by atoms with Gasteiger partial charge in [0.1, 0.15) is 0 Å². The van der Waals surface area contributed by atoms with E-state index in [1.807, 2.05) is 24.5 Å². The molecule has 1 aliphatic carbocycles. The highest BCUT2D eigenvalue weighted by Crippen LogP contribution is 2.35. The van der Waals surface area contributed by atoms with Crippen molar-refractivity contribution in [1.82, 2.24) is 0 Å². The summed E-state index contributed by atoms with van der Waals surface area (Å²) >= 11 is 3.21. The number of rotatable bonds is 5. The Morgan fingerprint density at radius 3 is 2.61 bits per heavy atom. The maximum atomic E-state index is 11.4. The van der Waals surface area contributed by atoms with Gasteiger partial charge >= 0.3 is 5.97 Å². The summed E-state index contributed by atoms with van der Waals surface area (Å²) in [7, 11) is 0. The molecular formula is C14H18O2S2. The van der Waals surface area contributed by atoms with E-state index in [0.717, 1.165) is 21.5 Å². The van der Waals surface area contributed by atoms with E-state index in [0.29, 0.717) is 5.56 Å². The molecule has 18 heavy (non-hydrogen) atoms. The minimum absolute atomic E-state index is 0.480. The summed E-state index contributed by atoms with van der Waals surface area (Å²) in [4.78, 5) is 13.1. The molecule has 0 heterocycles. The van der Waals surface area contributed by atoms with Crippen molar-refractivity contribution in [3.05, 3.63) is 23.8 Å². The number of aromatic carboxylic acids is 1. The number of carboxylic acid groups (broad SMARTS) is 1. The highest BCUT2D eigenvalue weighted by atomic mass is 32.2. The monoisotopic (exact) mass is 282 g/mol. The van der Waals surface area contributed by atoms with Gasteiger partial charge in [0.25, 0.3) is 0 Å². The maximum Gasteiger partial charge on any atom is 0.337 e. The topological polar surface area (TPSA) is 37.3 Å². The molecule has 1 N–H and O–H groups in total. The van der Waals surface area contributed by atoms with Crippen LogP contribution in [0.4, 0.5) is 0 Å². The van der Waals surface area contributed by atoms with Crippen molar-refractivity contribution in [2.75, 3.05) is 12.0 Å². The third-order valence-corrected chi connectivity index (χ3v) is 5.44. The van der Waals surface area contributed by atoms with E-state index in [4.69, 9.17) is 0 Å². The van der Waals surface area contributed by atoms with Crippen LogP contribution in [0.1, 0.15) is 36.0 Å². The standard InChI is InChI=1S/C14H18O2S2/c1-17-11-7-4-8-12(13(11)14(15)16)18-9-10-5-2-3-6-10/h4,7-8,10H,2-3,5-6,9H2,1H3,(H,15,16). The van der Waals surface area contributed by atoms with Crippen molar-refractivity contribution >= 4 is 29.5 Å². The van der Waals surface area contributed by atoms with Crippen molar-refractivity contribution in [1.29, 1.82) is 0 Å². The molecule has 98 valence electrons. The lowest BCUT2D eigenvalue weighted by atomic mass is 10.1. The lowest BCUT2D eigenvalue weighted by molar-refractivity contribution is 0.0689. The maximum absolute atomic E-state index is 11.4. The predicted molar refractivity (Wildman–Crippen MR) is 77.9 cm³/mol. The van der Waals surface area contributed by atoms with Gasteiger partial charge in [0.15, 0.2) is 0 Å². The molecule has 0 spiro atoms. The molecule has 0 bridgehead atoms. The summed E-state index contributed by atoms with van der Waals surface area (Å²) in [6.07, 6.45) is 7.20. The van der Waals surface area contributed by atoms with Crippen molar-refractivity contribution in [3.63, 3.8) is 0 Å². The van der Waals surface area contributed by atoms with E-state index >= 15 is 0 Å². The Hall–Kier alpha value is -0.610. The molecule has 4 heteroatoms. The van der Waals surface area contributed by atoms with E-state index in [9.17, 15) is 9.90 Å². The highest BCUT2D eigenvalue weighted by molar-refractivity contribution is 8.00. The Morgan fingerprint density at radius 1 is 1.33 bits per heavy atom. The van der Waals surface area contributed by atoms with Gasteiger partial charge in [0, 0.05) is 15.5 Å². The molecule has 1 fully saturated rings. The molecule has 1 aromatic rings. The van der Waals surface area contributed by atoms with Crippen LogP contribution in [0, 0.1) is 5.92 Å². The van der Waals surface area contributed by atoms with Gasteiger partial charge in [-0.05, 0) is 37.1 Å². The fourth-order valence-corrected chi connectivity index (χ4v) is 4.34. The zero-order valence-corrected chi connectivity index (χ0v) is 12.1. The van der Waals surface area contributed by atoms with Crippen LogP contribution in [0.5, 0.6) is 0 Å².